The first kappa shape index (κ1) is 39.4. The SMILES string of the molecule is CCOP(=O)(Oc1ccccc1)Oc1ccc(/C=C/c2cc(OP(=O)(OCC)Oc3ccccc3)cc(OP(=O)(OCC)Oc3ccccc3)c2)cc1. The van der Waals surface area contributed by atoms with E-state index in [4.69, 9.17) is 40.7 Å². The second-order valence-electron chi connectivity index (χ2n) is 10.7. The van der Waals surface area contributed by atoms with Gasteiger partial charge in [-0.25, -0.2) is 13.7 Å². The summed E-state index contributed by atoms with van der Waals surface area (Å²) in [7, 11) is -12.4. The van der Waals surface area contributed by atoms with Gasteiger partial charge in [-0.15, -0.1) is 0 Å². The lowest BCUT2D eigenvalue weighted by Crippen LogP contribution is -2.06. The molecule has 0 N–H and O–H groups in total. The Labute approximate surface area is 309 Å². The van der Waals surface area contributed by atoms with Gasteiger partial charge in [0.05, 0.1) is 19.8 Å². The van der Waals surface area contributed by atoms with Crippen LogP contribution in [0.4, 0.5) is 0 Å². The smallest absolute Gasteiger partial charge is 0.395 e. The molecule has 0 saturated carbocycles. The van der Waals surface area contributed by atoms with Crippen LogP contribution < -0.4 is 27.1 Å². The number of phosphoric acid groups is 3. The summed E-state index contributed by atoms with van der Waals surface area (Å²) in [5, 5.41) is 0. The summed E-state index contributed by atoms with van der Waals surface area (Å²) in [5.41, 5.74) is 1.21. The lowest BCUT2D eigenvalue weighted by Gasteiger charge is -2.21. The van der Waals surface area contributed by atoms with E-state index in [0.717, 1.165) is 5.56 Å². The lowest BCUT2D eigenvalue weighted by atomic mass is 10.1. The molecule has 5 rings (SSSR count). The molecule has 0 aliphatic heterocycles. The maximum atomic E-state index is 13.8. The summed E-state index contributed by atoms with van der Waals surface area (Å²) in [4.78, 5) is 0. The second kappa shape index (κ2) is 18.8. The minimum Gasteiger partial charge on any atom is -0.395 e. The Hall–Kier alpha value is -4.79. The molecule has 0 spiro atoms. The van der Waals surface area contributed by atoms with E-state index in [0.29, 0.717) is 11.3 Å². The van der Waals surface area contributed by atoms with Crippen molar-refractivity contribution in [1.29, 1.82) is 0 Å². The average Bonchev–Trinajstić information content (AvgIpc) is 3.12. The van der Waals surface area contributed by atoms with E-state index in [-0.39, 0.29) is 48.6 Å². The van der Waals surface area contributed by atoms with Gasteiger partial charge in [0.1, 0.15) is 34.5 Å². The second-order valence-corrected chi connectivity index (χ2v) is 15.3. The van der Waals surface area contributed by atoms with Gasteiger partial charge in [0.15, 0.2) is 0 Å². The average molecular weight is 781 g/mol. The van der Waals surface area contributed by atoms with Gasteiger partial charge in [-0.2, -0.15) is 0 Å². The van der Waals surface area contributed by atoms with Crippen molar-refractivity contribution < 1.29 is 54.4 Å². The number of phosphoric ester groups is 3. The van der Waals surface area contributed by atoms with Crippen molar-refractivity contribution in [2.24, 2.45) is 0 Å². The topological polar surface area (TPSA) is 134 Å². The van der Waals surface area contributed by atoms with Crippen LogP contribution in [0.5, 0.6) is 34.5 Å². The van der Waals surface area contributed by atoms with E-state index in [9.17, 15) is 13.7 Å². The molecule has 3 atom stereocenters. The number of rotatable bonds is 20. The Balaban J connectivity index is 1.42. The van der Waals surface area contributed by atoms with Gasteiger partial charge in [-0.3, -0.25) is 13.6 Å². The van der Waals surface area contributed by atoms with Crippen molar-refractivity contribution in [2.45, 2.75) is 20.8 Å². The Kier molecular flexibility index (Phi) is 14.0. The Morgan fingerprint density at radius 1 is 0.377 bits per heavy atom. The number of para-hydroxylation sites is 3. The van der Waals surface area contributed by atoms with Crippen molar-refractivity contribution in [3.05, 3.63) is 145 Å². The maximum Gasteiger partial charge on any atom is 0.587 e. The largest absolute Gasteiger partial charge is 0.587 e. The number of hydrogen-bond donors (Lipinski definition) is 0. The van der Waals surface area contributed by atoms with Gasteiger partial charge >= 0.3 is 23.5 Å². The molecule has 0 amide bonds. The lowest BCUT2D eigenvalue weighted by molar-refractivity contribution is 0.216. The minimum atomic E-state index is -4.22. The molecule has 0 aliphatic rings. The van der Waals surface area contributed by atoms with Crippen LogP contribution >= 0.6 is 23.5 Å². The van der Waals surface area contributed by atoms with Crippen LogP contribution in [0.2, 0.25) is 0 Å². The molecule has 5 aromatic carbocycles. The van der Waals surface area contributed by atoms with Crippen molar-refractivity contribution >= 4 is 35.6 Å². The first-order valence-corrected chi connectivity index (χ1v) is 21.0. The van der Waals surface area contributed by atoms with E-state index >= 15 is 0 Å². The number of hydrogen-bond acceptors (Lipinski definition) is 12. The molecule has 5 aromatic rings. The fourth-order valence-corrected chi connectivity index (χ4v) is 8.16. The molecule has 0 aliphatic carbocycles. The van der Waals surface area contributed by atoms with Crippen LogP contribution in [0, 0.1) is 0 Å². The van der Waals surface area contributed by atoms with Gasteiger partial charge < -0.3 is 27.1 Å². The zero-order valence-electron chi connectivity index (χ0n) is 29.2. The molecule has 53 heavy (non-hydrogen) atoms. The summed E-state index contributed by atoms with van der Waals surface area (Å²) in [6.45, 7) is 5.15. The monoisotopic (exact) mass is 780 g/mol. The zero-order valence-corrected chi connectivity index (χ0v) is 31.9. The molecular weight excluding hydrogens is 741 g/mol. The number of benzene rings is 5. The van der Waals surface area contributed by atoms with E-state index in [2.05, 4.69) is 0 Å². The highest BCUT2D eigenvalue weighted by atomic mass is 31.2. The van der Waals surface area contributed by atoms with Gasteiger partial charge in [0.2, 0.25) is 0 Å². The quantitative estimate of drug-likeness (QED) is 0.0549. The van der Waals surface area contributed by atoms with E-state index in [1.54, 1.807) is 154 Å². The summed E-state index contributed by atoms with van der Waals surface area (Å²) in [6, 6.07) is 36.7. The molecule has 278 valence electrons. The van der Waals surface area contributed by atoms with Crippen molar-refractivity contribution in [3.8, 4) is 34.5 Å². The van der Waals surface area contributed by atoms with Gasteiger partial charge in [-0.1, -0.05) is 78.9 Å². The molecule has 0 bridgehead atoms. The highest BCUT2D eigenvalue weighted by Crippen LogP contribution is 2.53. The minimum absolute atomic E-state index is 0.0199. The highest BCUT2D eigenvalue weighted by Gasteiger charge is 2.33. The third-order valence-corrected chi connectivity index (χ3v) is 11.0. The standard InChI is InChI=1S/C38H39O12P3/c1-4-42-51(39,45-33-16-10-7-11-17-33)48-36-26-24-31(25-27-36)22-23-32-28-37(49-52(40,43-5-2)46-34-18-12-8-13-19-34)30-38(29-32)50-53(41,44-6-3)47-35-20-14-9-15-21-35/h7-30H,4-6H2,1-3H3/b23-22+. The molecule has 12 nitrogen and oxygen atoms in total. The predicted octanol–water partition coefficient (Wildman–Crippen LogP) is 11.7. The van der Waals surface area contributed by atoms with Crippen LogP contribution in [-0.2, 0) is 27.3 Å². The molecule has 0 heterocycles. The highest BCUT2D eigenvalue weighted by molar-refractivity contribution is 7.50. The molecule has 0 saturated heterocycles. The third kappa shape index (κ3) is 12.4. The van der Waals surface area contributed by atoms with Gasteiger partial charge in [0.25, 0.3) is 0 Å². The van der Waals surface area contributed by atoms with E-state index in [1.165, 1.54) is 6.07 Å². The van der Waals surface area contributed by atoms with Crippen molar-refractivity contribution in [3.63, 3.8) is 0 Å². The molecule has 0 fully saturated rings. The molecule has 0 aromatic heterocycles. The summed E-state index contributed by atoms with van der Waals surface area (Å²) in [5.74, 6) is 1.18. The summed E-state index contributed by atoms with van der Waals surface area (Å²) in [6.07, 6.45) is 3.48. The van der Waals surface area contributed by atoms with Crippen LogP contribution in [0.3, 0.4) is 0 Å². The van der Waals surface area contributed by atoms with Gasteiger partial charge in [0, 0.05) is 6.07 Å². The molecule has 15 heteroatoms. The molecule has 0 radical (unpaired) electrons. The maximum absolute atomic E-state index is 13.8. The normalized spacial score (nSPS) is 14.6. The van der Waals surface area contributed by atoms with Crippen molar-refractivity contribution in [1.82, 2.24) is 0 Å². The Morgan fingerprint density at radius 3 is 1.02 bits per heavy atom. The summed E-state index contributed by atoms with van der Waals surface area (Å²) >= 11 is 0. The Morgan fingerprint density at radius 2 is 0.679 bits per heavy atom. The summed E-state index contributed by atoms with van der Waals surface area (Å²) < 4.78 is 91.4. The predicted molar refractivity (Wildman–Crippen MR) is 203 cm³/mol. The van der Waals surface area contributed by atoms with Crippen LogP contribution in [-0.4, -0.2) is 19.8 Å². The Bertz CT molecular complexity index is 1980. The first-order valence-electron chi connectivity index (χ1n) is 16.6. The zero-order chi connectivity index (χ0) is 37.6. The van der Waals surface area contributed by atoms with Crippen molar-refractivity contribution in [2.75, 3.05) is 19.8 Å². The fraction of sp³-hybridized carbons (Fsp3) is 0.158. The molecule has 3 unspecified atom stereocenters. The van der Waals surface area contributed by atoms with Crippen LogP contribution in [0.25, 0.3) is 12.2 Å². The van der Waals surface area contributed by atoms with E-state index < -0.39 is 23.5 Å². The molecular formula is C38H39O12P3. The van der Waals surface area contributed by atoms with Gasteiger partial charge in [-0.05, 0) is 92.6 Å². The fourth-order valence-electron chi connectivity index (χ4n) is 4.53. The van der Waals surface area contributed by atoms with Crippen LogP contribution in [0.15, 0.2) is 133 Å². The van der Waals surface area contributed by atoms with E-state index in [1.807, 2.05) is 6.07 Å². The third-order valence-electron chi connectivity index (χ3n) is 6.65. The first-order chi connectivity index (χ1) is 25.6. The van der Waals surface area contributed by atoms with Crippen LogP contribution in [0.1, 0.15) is 31.9 Å².